The van der Waals surface area contributed by atoms with E-state index in [1.165, 1.54) is 27.5 Å². The molecule has 0 radical (unpaired) electrons. The van der Waals surface area contributed by atoms with Crippen molar-refractivity contribution < 1.29 is 0 Å². The van der Waals surface area contributed by atoms with Crippen LogP contribution in [0.5, 0.6) is 0 Å². The van der Waals surface area contributed by atoms with E-state index in [4.69, 9.17) is 0 Å². The largest absolute Gasteiger partial charge is 0.329 e. The Morgan fingerprint density at radius 3 is 2.31 bits per heavy atom. The lowest BCUT2D eigenvalue weighted by Crippen LogP contribution is -2.39. The van der Waals surface area contributed by atoms with Gasteiger partial charge in [0.25, 0.3) is 5.56 Å². The first-order valence-corrected chi connectivity index (χ1v) is 9.95. The summed E-state index contributed by atoms with van der Waals surface area (Å²) in [5.41, 5.74) is 2.58. The zero-order chi connectivity index (χ0) is 18.8. The van der Waals surface area contributed by atoms with E-state index in [1.54, 1.807) is 0 Å². The standard InChI is InChI=1S/C21H26N2O2S/c1-13(2)18-19(26-17-10-14(3)9-15(4)11-17)22-21(25)23(20(18)24)12-16-7-5-6-8-16/h5-6,9-11,13,16H,7-8,12H2,1-4H3,(H,22,25). The fraction of sp³-hybridized carbons (Fsp3) is 0.429. The highest BCUT2D eigenvalue weighted by Crippen LogP contribution is 2.31. The van der Waals surface area contributed by atoms with E-state index in [9.17, 15) is 9.59 Å². The number of nitrogens with zero attached hydrogens (tertiary/aromatic N) is 1. The van der Waals surface area contributed by atoms with Gasteiger partial charge in [0.2, 0.25) is 0 Å². The van der Waals surface area contributed by atoms with Crippen LogP contribution in [0.4, 0.5) is 0 Å². The molecule has 0 amide bonds. The highest BCUT2D eigenvalue weighted by molar-refractivity contribution is 7.99. The molecule has 138 valence electrons. The fourth-order valence-electron chi connectivity index (χ4n) is 3.51. The van der Waals surface area contributed by atoms with E-state index in [1.807, 2.05) is 13.8 Å². The quantitative estimate of drug-likeness (QED) is 0.627. The molecule has 2 aromatic rings. The molecule has 0 atom stereocenters. The van der Waals surface area contributed by atoms with E-state index < -0.39 is 0 Å². The van der Waals surface area contributed by atoms with Gasteiger partial charge in [-0.15, -0.1) is 0 Å². The van der Waals surface area contributed by atoms with Gasteiger partial charge < -0.3 is 4.98 Å². The Labute approximate surface area is 158 Å². The van der Waals surface area contributed by atoms with Crippen LogP contribution in [0.25, 0.3) is 0 Å². The summed E-state index contributed by atoms with van der Waals surface area (Å²) in [6.45, 7) is 8.59. The third-order valence-electron chi connectivity index (χ3n) is 4.72. The molecular formula is C21H26N2O2S. The van der Waals surface area contributed by atoms with Gasteiger partial charge in [0.15, 0.2) is 0 Å². The van der Waals surface area contributed by atoms with E-state index in [0.717, 1.165) is 17.7 Å². The molecule has 0 fully saturated rings. The number of hydrogen-bond donors (Lipinski definition) is 1. The van der Waals surface area contributed by atoms with Crippen LogP contribution in [0.3, 0.4) is 0 Å². The number of benzene rings is 1. The van der Waals surface area contributed by atoms with Gasteiger partial charge in [0, 0.05) is 11.4 Å². The molecule has 1 aromatic carbocycles. The van der Waals surface area contributed by atoms with Crippen molar-refractivity contribution in [2.75, 3.05) is 0 Å². The fourth-order valence-corrected chi connectivity index (χ4v) is 4.81. The smallest absolute Gasteiger partial charge is 0.301 e. The average Bonchev–Trinajstić information content (AvgIpc) is 3.03. The van der Waals surface area contributed by atoms with E-state index >= 15 is 0 Å². The average molecular weight is 371 g/mol. The predicted octanol–water partition coefficient (Wildman–Crippen LogP) is 4.39. The molecule has 1 aliphatic carbocycles. The number of H-pyrrole nitrogens is 1. The van der Waals surface area contributed by atoms with Gasteiger partial charge in [-0.3, -0.25) is 9.36 Å². The summed E-state index contributed by atoms with van der Waals surface area (Å²) in [4.78, 5) is 29.7. The first kappa shape index (κ1) is 18.8. The molecule has 26 heavy (non-hydrogen) atoms. The first-order valence-electron chi connectivity index (χ1n) is 9.13. The zero-order valence-electron chi connectivity index (χ0n) is 15.8. The van der Waals surface area contributed by atoms with Gasteiger partial charge in [-0.05, 0) is 61.8 Å². The molecule has 1 heterocycles. The van der Waals surface area contributed by atoms with Gasteiger partial charge in [0.05, 0.1) is 10.6 Å². The number of aromatic amines is 1. The molecule has 0 aliphatic heterocycles. The molecule has 1 aliphatic rings. The van der Waals surface area contributed by atoms with Crippen molar-refractivity contribution in [2.24, 2.45) is 5.92 Å². The molecule has 0 saturated heterocycles. The van der Waals surface area contributed by atoms with Gasteiger partial charge in [-0.2, -0.15) is 0 Å². The molecule has 0 saturated carbocycles. The zero-order valence-corrected chi connectivity index (χ0v) is 16.7. The van der Waals surface area contributed by atoms with Crippen LogP contribution < -0.4 is 11.2 Å². The van der Waals surface area contributed by atoms with Crippen molar-refractivity contribution in [3.63, 3.8) is 0 Å². The summed E-state index contributed by atoms with van der Waals surface area (Å²) < 4.78 is 1.39. The third kappa shape index (κ3) is 4.04. The SMILES string of the molecule is Cc1cc(C)cc(Sc2[nH]c(=O)n(CC3CC=CC3)c(=O)c2C(C)C)c1. The monoisotopic (exact) mass is 370 g/mol. The van der Waals surface area contributed by atoms with Crippen molar-refractivity contribution in [1.29, 1.82) is 0 Å². The van der Waals surface area contributed by atoms with Crippen LogP contribution in [-0.4, -0.2) is 9.55 Å². The maximum absolute atomic E-state index is 13.1. The van der Waals surface area contributed by atoms with Crippen LogP contribution in [0.1, 0.15) is 49.3 Å². The molecule has 1 aromatic heterocycles. The third-order valence-corrected chi connectivity index (χ3v) is 5.72. The van der Waals surface area contributed by atoms with E-state index in [2.05, 4.69) is 49.2 Å². The Kier molecular flexibility index (Phi) is 5.56. The minimum Gasteiger partial charge on any atom is -0.301 e. The summed E-state index contributed by atoms with van der Waals surface area (Å²) in [5, 5.41) is 0.667. The number of aromatic nitrogens is 2. The van der Waals surface area contributed by atoms with Crippen molar-refractivity contribution in [3.8, 4) is 0 Å². The highest BCUT2D eigenvalue weighted by Gasteiger charge is 2.20. The number of rotatable bonds is 5. The Morgan fingerprint density at radius 2 is 1.73 bits per heavy atom. The summed E-state index contributed by atoms with van der Waals surface area (Å²) in [7, 11) is 0. The first-order chi connectivity index (χ1) is 12.3. The molecule has 0 spiro atoms. The van der Waals surface area contributed by atoms with Gasteiger partial charge in [-0.1, -0.05) is 43.8 Å². The maximum atomic E-state index is 13.1. The van der Waals surface area contributed by atoms with Gasteiger partial charge in [0.1, 0.15) is 0 Å². The summed E-state index contributed by atoms with van der Waals surface area (Å²) in [5.74, 6) is 0.382. The number of nitrogens with one attached hydrogen (secondary N) is 1. The maximum Gasteiger partial charge on any atom is 0.329 e. The predicted molar refractivity (Wildman–Crippen MR) is 107 cm³/mol. The summed E-state index contributed by atoms with van der Waals surface area (Å²) in [6.07, 6.45) is 6.11. The summed E-state index contributed by atoms with van der Waals surface area (Å²) in [6, 6.07) is 6.27. The Bertz CT molecular complexity index is 925. The van der Waals surface area contributed by atoms with Crippen LogP contribution >= 0.6 is 11.8 Å². The van der Waals surface area contributed by atoms with Crippen molar-refractivity contribution in [3.05, 3.63) is 67.9 Å². The van der Waals surface area contributed by atoms with E-state index in [0.29, 0.717) is 23.1 Å². The molecule has 4 nitrogen and oxygen atoms in total. The Hall–Kier alpha value is -2.01. The molecule has 0 unspecified atom stereocenters. The van der Waals surface area contributed by atoms with E-state index in [-0.39, 0.29) is 17.2 Å². The molecule has 0 bridgehead atoms. The lowest BCUT2D eigenvalue weighted by Gasteiger charge is -2.16. The van der Waals surface area contributed by atoms with Crippen molar-refractivity contribution in [1.82, 2.24) is 9.55 Å². The molecular weight excluding hydrogens is 344 g/mol. The minimum absolute atomic E-state index is 0.0423. The van der Waals surface area contributed by atoms with Gasteiger partial charge in [-0.25, -0.2) is 4.79 Å². The highest BCUT2D eigenvalue weighted by atomic mass is 32.2. The van der Waals surface area contributed by atoms with Crippen molar-refractivity contribution >= 4 is 11.8 Å². The Balaban J connectivity index is 2.02. The van der Waals surface area contributed by atoms with Crippen LogP contribution in [-0.2, 0) is 6.54 Å². The second-order valence-corrected chi connectivity index (χ2v) is 8.56. The lowest BCUT2D eigenvalue weighted by molar-refractivity contribution is 0.441. The number of allylic oxidation sites excluding steroid dienone is 2. The minimum atomic E-state index is -0.307. The number of hydrogen-bond acceptors (Lipinski definition) is 3. The molecule has 5 heteroatoms. The second-order valence-electron chi connectivity index (χ2n) is 7.48. The number of aryl methyl sites for hydroxylation is 2. The lowest BCUT2D eigenvalue weighted by atomic mass is 10.1. The second kappa shape index (κ2) is 7.70. The summed E-state index contributed by atoms with van der Waals surface area (Å²) >= 11 is 1.47. The van der Waals surface area contributed by atoms with Crippen LogP contribution in [0.2, 0.25) is 0 Å². The Morgan fingerprint density at radius 1 is 1.12 bits per heavy atom. The van der Waals surface area contributed by atoms with Crippen molar-refractivity contribution in [2.45, 2.75) is 62.9 Å². The normalized spacial score (nSPS) is 14.5. The van der Waals surface area contributed by atoms with Crippen LogP contribution in [0.15, 0.2) is 49.9 Å². The van der Waals surface area contributed by atoms with Crippen LogP contribution in [0, 0.1) is 19.8 Å². The topological polar surface area (TPSA) is 54.9 Å². The molecule has 1 N–H and O–H groups in total. The molecule has 3 rings (SSSR count). The van der Waals surface area contributed by atoms with Gasteiger partial charge >= 0.3 is 5.69 Å².